The number of hydrogen-bond donors (Lipinski definition) is 0. The zero-order valence-electron chi connectivity index (χ0n) is 8.15. The third kappa shape index (κ3) is 2.09. The molecule has 0 atom stereocenters. The van der Waals surface area contributed by atoms with Crippen LogP contribution in [-0.4, -0.2) is 6.61 Å². The predicted octanol–water partition coefficient (Wildman–Crippen LogP) is 3.31. The van der Waals surface area contributed by atoms with Gasteiger partial charge >= 0.3 is 6.61 Å². The predicted molar refractivity (Wildman–Crippen MR) is 55.3 cm³/mol. The third-order valence-electron chi connectivity index (χ3n) is 2.17. The lowest BCUT2D eigenvalue weighted by molar-refractivity contribution is -0.0497. The molecule has 0 saturated heterocycles. The van der Waals surface area contributed by atoms with Gasteiger partial charge in [0.25, 0.3) is 0 Å². The van der Waals surface area contributed by atoms with Gasteiger partial charge in [0.2, 0.25) is 0 Å². The van der Waals surface area contributed by atoms with Gasteiger partial charge in [-0.05, 0) is 35.0 Å². The first kappa shape index (κ1) is 10.4. The molecule has 0 saturated carbocycles. The first-order valence-corrected chi connectivity index (χ1v) is 4.58. The Balaban J connectivity index is 2.44. The Hall–Kier alpha value is -2.15. The lowest BCUT2D eigenvalue weighted by Gasteiger charge is -2.05. The molecule has 0 N–H and O–H groups in total. The van der Waals surface area contributed by atoms with Crippen LogP contribution in [0.2, 0.25) is 0 Å². The van der Waals surface area contributed by atoms with E-state index in [1.54, 1.807) is 24.3 Å². The SMILES string of the molecule is N#Cc1ccc2cc(OC(F)F)ccc2c1. The van der Waals surface area contributed by atoms with Crippen LogP contribution in [0, 0.1) is 11.3 Å². The second-order valence-corrected chi connectivity index (χ2v) is 3.21. The van der Waals surface area contributed by atoms with Crippen LogP contribution in [0.5, 0.6) is 5.75 Å². The van der Waals surface area contributed by atoms with Crippen molar-refractivity contribution in [2.45, 2.75) is 6.61 Å². The first-order chi connectivity index (χ1) is 7.69. The smallest absolute Gasteiger partial charge is 0.387 e. The number of hydrogen-bond acceptors (Lipinski definition) is 2. The van der Waals surface area contributed by atoms with Crippen molar-refractivity contribution in [3.05, 3.63) is 42.0 Å². The van der Waals surface area contributed by atoms with Gasteiger partial charge in [-0.25, -0.2) is 0 Å². The van der Waals surface area contributed by atoms with Crippen molar-refractivity contribution in [2.24, 2.45) is 0 Å². The summed E-state index contributed by atoms with van der Waals surface area (Å²) in [5.74, 6) is 0.118. The van der Waals surface area contributed by atoms with Crippen molar-refractivity contribution in [1.29, 1.82) is 5.26 Å². The summed E-state index contributed by atoms with van der Waals surface area (Å²) in [6.07, 6.45) is 0. The average molecular weight is 219 g/mol. The van der Waals surface area contributed by atoms with Crippen LogP contribution >= 0.6 is 0 Å². The molecular weight excluding hydrogens is 212 g/mol. The summed E-state index contributed by atoms with van der Waals surface area (Å²) in [5.41, 5.74) is 0.537. The number of fused-ring (bicyclic) bond motifs is 1. The van der Waals surface area contributed by atoms with Gasteiger partial charge < -0.3 is 4.74 Å². The minimum Gasteiger partial charge on any atom is -0.435 e. The molecule has 0 aromatic heterocycles. The minimum absolute atomic E-state index is 0.118. The normalized spacial score (nSPS) is 10.4. The molecule has 16 heavy (non-hydrogen) atoms. The molecular formula is C12H7F2NO. The molecule has 0 radical (unpaired) electrons. The zero-order valence-corrected chi connectivity index (χ0v) is 8.15. The van der Waals surface area contributed by atoms with E-state index in [1.807, 2.05) is 6.07 Å². The van der Waals surface area contributed by atoms with E-state index in [0.717, 1.165) is 10.8 Å². The molecule has 0 spiro atoms. The van der Waals surface area contributed by atoms with Gasteiger partial charge in [-0.1, -0.05) is 12.1 Å². The van der Waals surface area contributed by atoms with Gasteiger partial charge in [0.1, 0.15) is 5.75 Å². The quantitative estimate of drug-likeness (QED) is 0.776. The second-order valence-electron chi connectivity index (χ2n) is 3.21. The molecule has 4 heteroatoms. The monoisotopic (exact) mass is 219 g/mol. The van der Waals surface area contributed by atoms with Crippen LogP contribution < -0.4 is 4.74 Å². The van der Waals surface area contributed by atoms with Crippen molar-refractivity contribution in [3.8, 4) is 11.8 Å². The zero-order chi connectivity index (χ0) is 11.5. The molecule has 2 aromatic carbocycles. The summed E-state index contributed by atoms with van der Waals surface area (Å²) in [7, 11) is 0. The maximum absolute atomic E-state index is 12.0. The lowest BCUT2D eigenvalue weighted by Crippen LogP contribution is -2.01. The first-order valence-electron chi connectivity index (χ1n) is 4.58. The van der Waals surface area contributed by atoms with Crippen LogP contribution in [0.15, 0.2) is 36.4 Å². The number of benzene rings is 2. The highest BCUT2D eigenvalue weighted by molar-refractivity contribution is 5.85. The lowest BCUT2D eigenvalue weighted by atomic mass is 10.1. The molecule has 2 aromatic rings. The van der Waals surface area contributed by atoms with E-state index in [2.05, 4.69) is 4.74 Å². The van der Waals surface area contributed by atoms with Crippen LogP contribution in [-0.2, 0) is 0 Å². The molecule has 0 aliphatic heterocycles. The van der Waals surface area contributed by atoms with Crippen molar-refractivity contribution < 1.29 is 13.5 Å². The molecule has 80 valence electrons. The van der Waals surface area contributed by atoms with Crippen LogP contribution in [0.4, 0.5) is 8.78 Å². The largest absolute Gasteiger partial charge is 0.435 e. The van der Waals surface area contributed by atoms with Gasteiger partial charge in [-0.3, -0.25) is 0 Å². The molecule has 0 amide bonds. The Labute approximate surface area is 90.7 Å². The molecule has 0 bridgehead atoms. The second kappa shape index (κ2) is 4.15. The van der Waals surface area contributed by atoms with Crippen molar-refractivity contribution in [2.75, 3.05) is 0 Å². The van der Waals surface area contributed by atoms with Crippen molar-refractivity contribution in [3.63, 3.8) is 0 Å². The van der Waals surface area contributed by atoms with E-state index in [0.29, 0.717) is 5.56 Å². The molecule has 0 aliphatic rings. The van der Waals surface area contributed by atoms with Crippen molar-refractivity contribution >= 4 is 10.8 Å². The molecule has 0 aliphatic carbocycles. The Kier molecular flexibility index (Phi) is 2.69. The highest BCUT2D eigenvalue weighted by atomic mass is 19.3. The summed E-state index contributed by atoms with van der Waals surface area (Å²) < 4.78 is 28.2. The standard InChI is InChI=1S/C12H7F2NO/c13-12(14)16-11-4-3-9-5-8(7-15)1-2-10(9)6-11/h1-6,12H. The number of nitrogens with zero attached hydrogens (tertiary/aromatic N) is 1. The third-order valence-corrected chi connectivity index (χ3v) is 2.17. The van der Waals surface area contributed by atoms with Gasteiger partial charge in [-0.2, -0.15) is 14.0 Å². The number of halogens is 2. The van der Waals surface area contributed by atoms with Crippen molar-refractivity contribution in [1.82, 2.24) is 0 Å². The number of alkyl halides is 2. The Morgan fingerprint density at radius 3 is 2.44 bits per heavy atom. The number of ether oxygens (including phenoxy) is 1. The van der Waals surface area contributed by atoms with Gasteiger partial charge in [-0.15, -0.1) is 0 Å². The number of nitriles is 1. The maximum atomic E-state index is 12.0. The summed E-state index contributed by atoms with van der Waals surface area (Å²) in [6.45, 7) is -2.82. The van der Waals surface area contributed by atoms with Gasteiger partial charge in [0.15, 0.2) is 0 Å². The summed E-state index contributed by atoms with van der Waals surface area (Å²) in [5, 5.41) is 10.3. The van der Waals surface area contributed by atoms with E-state index in [4.69, 9.17) is 5.26 Å². The fourth-order valence-corrected chi connectivity index (χ4v) is 1.47. The highest BCUT2D eigenvalue weighted by Crippen LogP contribution is 2.23. The molecule has 0 fully saturated rings. The Morgan fingerprint density at radius 2 is 1.75 bits per heavy atom. The Morgan fingerprint density at radius 1 is 1.06 bits per heavy atom. The van der Waals surface area contributed by atoms with E-state index in [-0.39, 0.29) is 5.75 Å². The average Bonchev–Trinajstić information content (AvgIpc) is 2.27. The van der Waals surface area contributed by atoms with E-state index >= 15 is 0 Å². The fraction of sp³-hybridized carbons (Fsp3) is 0.0833. The van der Waals surface area contributed by atoms with E-state index in [1.165, 1.54) is 12.1 Å². The summed E-state index contributed by atoms with van der Waals surface area (Å²) in [6, 6.07) is 11.7. The summed E-state index contributed by atoms with van der Waals surface area (Å²) in [4.78, 5) is 0. The summed E-state index contributed by atoms with van der Waals surface area (Å²) >= 11 is 0. The number of rotatable bonds is 2. The van der Waals surface area contributed by atoms with Gasteiger partial charge in [0, 0.05) is 0 Å². The Bertz CT molecular complexity index is 560. The molecule has 2 rings (SSSR count). The van der Waals surface area contributed by atoms with Crippen LogP contribution in [0.1, 0.15) is 5.56 Å². The molecule has 2 nitrogen and oxygen atoms in total. The van der Waals surface area contributed by atoms with E-state index in [9.17, 15) is 8.78 Å². The van der Waals surface area contributed by atoms with E-state index < -0.39 is 6.61 Å². The van der Waals surface area contributed by atoms with Gasteiger partial charge in [0.05, 0.1) is 11.6 Å². The van der Waals surface area contributed by atoms with Crippen LogP contribution in [0.3, 0.4) is 0 Å². The minimum atomic E-state index is -2.82. The molecule has 0 heterocycles. The maximum Gasteiger partial charge on any atom is 0.387 e. The highest BCUT2D eigenvalue weighted by Gasteiger charge is 2.04. The fourth-order valence-electron chi connectivity index (χ4n) is 1.47. The topological polar surface area (TPSA) is 33.0 Å². The van der Waals surface area contributed by atoms with Crippen LogP contribution in [0.25, 0.3) is 10.8 Å². The molecule has 0 unspecified atom stereocenters.